The number of nitrogens with one attached hydrogen (secondary N) is 1. The van der Waals surface area contributed by atoms with Crippen molar-refractivity contribution in [1.29, 1.82) is 0 Å². The third-order valence-corrected chi connectivity index (χ3v) is 6.36. The summed E-state index contributed by atoms with van der Waals surface area (Å²) in [7, 11) is 1.62. The zero-order valence-corrected chi connectivity index (χ0v) is 19.4. The van der Waals surface area contributed by atoms with Gasteiger partial charge in [-0.05, 0) is 42.3 Å². The number of amides is 2. The van der Waals surface area contributed by atoms with Crippen LogP contribution in [0.4, 0.5) is 5.13 Å². The molecule has 0 radical (unpaired) electrons. The predicted molar refractivity (Wildman–Crippen MR) is 132 cm³/mol. The lowest BCUT2D eigenvalue weighted by Crippen LogP contribution is -2.34. The second kappa shape index (κ2) is 10.3. The van der Waals surface area contributed by atoms with Crippen LogP contribution < -0.4 is 15.0 Å². The number of fused-ring (bicyclic) bond motifs is 1. The Bertz CT molecular complexity index is 1270. The van der Waals surface area contributed by atoms with E-state index < -0.39 is 0 Å². The van der Waals surface area contributed by atoms with Gasteiger partial charge in [-0.25, -0.2) is 4.98 Å². The number of carbonyl (C=O) groups is 2. The maximum absolute atomic E-state index is 13.2. The molecule has 0 spiro atoms. The van der Waals surface area contributed by atoms with E-state index in [1.807, 2.05) is 73.7 Å². The first-order valence-corrected chi connectivity index (χ1v) is 11.5. The summed E-state index contributed by atoms with van der Waals surface area (Å²) < 4.78 is 6.26. The molecule has 2 amide bonds. The van der Waals surface area contributed by atoms with Gasteiger partial charge in [-0.15, -0.1) is 0 Å². The average Bonchev–Trinajstić information content (AvgIpc) is 3.26. The van der Waals surface area contributed by atoms with E-state index in [0.717, 1.165) is 27.1 Å². The second-order valence-electron chi connectivity index (χ2n) is 7.62. The highest BCUT2D eigenvalue weighted by Gasteiger charge is 2.21. The zero-order chi connectivity index (χ0) is 23.2. The minimum atomic E-state index is -0.178. The number of rotatable bonds is 8. The number of aromatic nitrogens is 1. The maximum atomic E-state index is 13.2. The average molecular weight is 460 g/mol. The third kappa shape index (κ3) is 5.38. The number of anilines is 1. The fourth-order valence-corrected chi connectivity index (χ4v) is 4.52. The zero-order valence-electron chi connectivity index (χ0n) is 18.6. The van der Waals surface area contributed by atoms with Crippen LogP contribution in [0.25, 0.3) is 10.2 Å². The highest BCUT2D eigenvalue weighted by atomic mass is 32.1. The molecule has 0 saturated heterocycles. The number of carbonyl (C=O) groups excluding carboxylic acids is 2. The molecule has 3 aromatic carbocycles. The van der Waals surface area contributed by atoms with Gasteiger partial charge in [-0.2, -0.15) is 0 Å². The number of nitrogens with zero attached hydrogens (tertiary/aromatic N) is 2. The Labute approximate surface area is 196 Å². The van der Waals surface area contributed by atoms with E-state index in [4.69, 9.17) is 4.74 Å². The molecule has 0 aliphatic carbocycles. The molecule has 6 nitrogen and oxygen atoms in total. The Hall–Kier alpha value is -3.71. The fourth-order valence-electron chi connectivity index (χ4n) is 3.50. The molecule has 0 aliphatic heterocycles. The van der Waals surface area contributed by atoms with Gasteiger partial charge in [0.15, 0.2) is 5.13 Å². The highest BCUT2D eigenvalue weighted by Crippen LogP contribution is 2.32. The molecule has 0 saturated carbocycles. The number of thiazole rings is 1. The van der Waals surface area contributed by atoms with Crippen molar-refractivity contribution in [2.24, 2.45) is 0 Å². The molecule has 7 heteroatoms. The normalized spacial score (nSPS) is 10.7. The Morgan fingerprint density at radius 2 is 1.79 bits per heavy atom. The Morgan fingerprint density at radius 1 is 1.03 bits per heavy atom. The molecule has 0 unspecified atom stereocenters. The van der Waals surface area contributed by atoms with Crippen molar-refractivity contribution in [1.82, 2.24) is 10.3 Å². The molecule has 1 aromatic heterocycles. The van der Waals surface area contributed by atoms with E-state index >= 15 is 0 Å². The molecule has 1 N–H and O–H groups in total. The van der Waals surface area contributed by atoms with Crippen LogP contribution in [0.15, 0.2) is 72.8 Å². The third-order valence-electron chi connectivity index (χ3n) is 5.31. The summed E-state index contributed by atoms with van der Waals surface area (Å²) in [6.07, 6.45) is 0.170. The summed E-state index contributed by atoms with van der Waals surface area (Å²) in [5.41, 5.74) is 3.34. The Balaban J connectivity index is 1.51. The molecular weight excluding hydrogens is 434 g/mol. The number of benzene rings is 3. The fraction of sp³-hybridized carbons (Fsp3) is 0.192. The number of ether oxygens (including phenoxy) is 1. The molecule has 0 fully saturated rings. The van der Waals surface area contributed by atoms with E-state index in [0.29, 0.717) is 17.2 Å². The Kier molecular flexibility index (Phi) is 7.00. The molecule has 33 heavy (non-hydrogen) atoms. The summed E-state index contributed by atoms with van der Waals surface area (Å²) in [6.45, 7) is 2.54. The van der Waals surface area contributed by atoms with E-state index in [9.17, 15) is 9.59 Å². The molecular formula is C26H25N3O3S. The molecule has 0 aliphatic rings. The lowest BCUT2D eigenvalue weighted by Gasteiger charge is -2.20. The summed E-state index contributed by atoms with van der Waals surface area (Å²) in [4.78, 5) is 32.1. The highest BCUT2D eigenvalue weighted by molar-refractivity contribution is 7.22. The van der Waals surface area contributed by atoms with Crippen molar-refractivity contribution >= 4 is 38.5 Å². The standard InChI is InChI=1S/C26H25N3O3S/c1-18-8-6-7-11-21(18)25(31)27-15-14-24(30)29(17-19-9-4-3-5-10-19)26-28-22-13-12-20(32-2)16-23(22)33-26/h3-13,16H,14-15,17H2,1-2H3,(H,27,31). The number of hydrogen-bond acceptors (Lipinski definition) is 5. The van der Waals surface area contributed by atoms with Gasteiger partial charge in [0, 0.05) is 18.5 Å². The first-order valence-electron chi connectivity index (χ1n) is 10.7. The van der Waals surface area contributed by atoms with Crippen LogP contribution in [0.2, 0.25) is 0 Å². The quantitative estimate of drug-likeness (QED) is 0.404. The largest absolute Gasteiger partial charge is 0.497 e. The van der Waals surface area contributed by atoms with Crippen molar-refractivity contribution in [3.05, 3.63) is 89.5 Å². The summed E-state index contributed by atoms with van der Waals surface area (Å²) in [5.74, 6) is 0.468. The monoisotopic (exact) mass is 459 g/mol. The molecule has 0 atom stereocenters. The van der Waals surface area contributed by atoms with Gasteiger partial charge < -0.3 is 10.1 Å². The molecule has 0 bridgehead atoms. The Morgan fingerprint density at radius 3 is 2.55 bits per heavy atom. The molecule has 4 aromatic rings. The van der Waals surface area contributed by atoms with Crippen LogP contribution >= 0.6 is 11.3 Å². The van der Waals surface area contributed by atoms with Crippen LogP contribution in [0.1, 0.15) is 27.9 Å². The van der Waals surface area contributed by atoms with Crippen molar-refractivity contribution in [3.63, 3.8) is 0 Å². The van der Waals surface area contributed by atoms with Gasteiger partial charge in [0.25, 0.3) is 5.91 Å². The minimum absolute atomic E-state index is 0.102. The summed E-state index contributed by atoms with van der Waals surface area (Å²) in [5, 5.41) is 3.49. The number of aryl methyl sites for hydroxylation is 1. The minimum Gasteiger partial charge on any atom is -0.497 e. The molecule has 1 heterocycles. The first-order chi connectivity index (χ1) is 16.0. The first kappa shape index (κ1) is 22.5. The lowest BCUT2D eigenvalue weighted by atomic mass is 10.1. The van der Waals surface area contributed by atoms with Gasteiger partial charge in [0.2, 0.25) is 5.91 Å². The van der Waals surface area contributed by atoms with E-state index in [1.54, 1.807) is 18.1 Å². The van der Waals surface area contributed by atoms with Crippen LogP contribution in [-0.4, -0.2) is 30.5 Å². The predicted octanol–water partition coefficient (Wildman–Crippen LogP) is 4.97. The van der Waals surface area contributed by atoms with E-state index in [1.165, 1.54) is 11.3 Å². The van der Waals surface area contributed by atoms with Crippen molar-refractivity contribution in [2.75, 3.05) is 18.6 Å². The summed E-state index contributed by atoms with van der Waals surface area (Å²) in [6, 6.07) is 22.9. The maximum Gasteiger partial charge on any atom is 0.251 e. The summed E-state index contributed by atoms with van der Waals surface area (Å²) >= 11 is 1.45. The van der Waals surface area contributed by atoms with Crippen molar-refractivity contribution < 1.29 is 14.3 Å². The van der Waals surface area contributed by atoms with Crippen molar-refractivity contribution in [2.45, 2.75) is 19.9 Å². The van der Waals surface area contributed by atoms with Crippen LogP contribution in [0.5, 0.6) is 5.75 Å². The number of hydrogen-bond donors (Lipinski definition) is 1. The lowest BCUT2D eigenvalue weighted by molar-refractivity contribution is -0.118. The molecule has 168 valence electrons. The van der Waals surface area contributed by atoms with Crippen LogP contribution in [0, 0.1) is 6.92 Å². The smallest absolute Gasteiger partial charge is 0.251 e. The van der Waals surface area contributed by atoms with E-state index in [-0.39, 0.29) is 24.8 Å². The number of methoxy groups -OCH3 is 1. The van der Waals surface area contributed by atoms with Gasteiger partial charge in [-0.1, -0.05) is 59.9 Å². The molecule has 4 rings (SSSR count). The van der Waals surface area contributed by atoms with Crippen LogP contribution in [-0.2, 0) is 11.3 Å². The van der Waals surface area contributed by atoms with Gasteiger partial charge in [0.1, 0.15) is 5.75 Å². The van der Waals surface area contributed by atoms with Gasteiger partial charge >= 0.3 is 0 Å². The topological polar surface area (TPSA) is 71.5 Å². The van der Waals surface area contributed by atoms with Gasteiger partial charge in [-0.3, -0.25) is 14.5 Å². The van der Waals surface area contributed by atoms with Gasteiger partial charge in [0.05, 0.1) is 23.9 Å². The van der Waals surface area contributed by atoms with E-state index in [2.05, 4.69) is 10.3 Å². The van der Waals surface area contributed by atoms with Crippen molar-refractivity contribution in [3.8, 4) is 5.75 Å². The SMILES string of the molecule is COc1ccc2nc(N(Cc3ccccc3)C(=O)CCNC(=O)c3ccccc3C)sc2c1. The second-order valence-corrected chi connectivity index (χ2v) is 8.63. The van der Waals surface area contributed by atoms with Crippen LogP contribution in [0.3, 0.4) is 0 Å².